The Hall–Kier alpha value is -5.12. The number of hydrogen-bond acceptors (Lipinski definition) is 13. The minimum absolute atomic E-state index is 0.0249. The highest BCUT2D eigenvalue weighted by Crippen LogP contribution is 2.23. The van der Waals surface area contributed by atoms with Gasteiger partial charge in [0, 0.05) is 51.4 Å². The topological polar surface area (TPSA) is 147 Å². The summed E-state index contributed by atoms with van der Waals surface area (Å²) < 4.78 is 22.7. The van der Waals surface area contributed by atoms with E-state index in [2.05, 4.69) is 186 Å². The van der Waals surface area contributed by atoms with Crippen LogP contribution in [0.1, 0.15) is 429 Å². The molecule has 0 unspecified atom stereocenters. The lowest BCUT2D eigenvalue weighted by Gasteiger charge is -2.26. The Morgan fingerprint density at radius 2 is 0.575 bits per heavy atom. The predicted octanol–water partition coefficient (Wildman–Crippen LogP) is 31.7. The number of carbonyl (C=O) groups excluding carboxylic acids is 2. The molecule has 0 aromatic heterocycles. The molecule has 0 aliphatic rings. The first-order chi connectivity index (χ1) is 58.9. The summed E-state index contributed by atoms with van der Waals surface area (Å²) in [6, 6.07) is 5.52. The largest absolute Gasteiger partial charge is 0.514 e. The Balaban J connectivity index is 0. The van der Waals surface area contributed by atoms with E-state index in [-0.39, 0.29) is 30.3 Å². The van der Waals surface area contributed by atoms with Gasteiger partial charge in [-0.3, -0.25) is 15.0 Å². The summed E-state index contributed by atoms with van der Waals surface area (Å²) in [5.41, 5.74) is -0.0432. The number of benzene rings is 1. The van der Waals surface area contributed by atoms with Crippen LogP contribution in [-0.4, -0.2) is 146 Å². The highest BCUT2D eigenvalue weighted by atomic mass is 16.7. The second-order valence-electron chi connectivity index (χ2n) is 33.4. The Bertz CT molecular complexity index is 2440. The number of aliphatic hydroxyl groups is 1. The highest BCUT2D eigenvalue weighted by Gasteiger charge is 2.19. The molecule has 0 bridgehead atoms. The zero-order valence-corrected chi connectivity index (χ0v) is 80.1. The van der Waals surface area contributed by atoms with Gasteiger partial charge in [0.05, 0.1) is 11.5 Å². The molecule has 0 saturated heterocycles. The van der Waals surface area contributed by atoms with Gasteiger partial charge in [0.15, 0.2) is 0 Å². The molecule has 0 radical (unpaired) electrons. The zero-order chi connectivity index (χ0) is 87.8. The summed E-state index contributed by atoms with van der Waals surface area (Å²) in [5.74, 6) is 0.252. The van der Waals surface area contributed by atoms with E-state index in [1.165, 1.54) is 294 Å². The van der Waals surface area contributed by atoms with Crippen molar-refractivity contribution in [2.24, 2.45) is 0 Å². The van der Waals surface area contributed by atoms with Crippen LogP contribution in [0.25, 0.3) is 0 Å². The van der Waals surface area contributed by atoms with E-state index in [4.69, 9.17) is 24.1 Å². The average molecular weight is 1680 g/mol. The van der Waals surface area contributed by atoms with Crippen molar-refractivity contribution in [3.63, 3.8) is 0 Å². The van der Waals surface area contributed by atoms with E-state index in [0.717, 1.165) is 168 Å². The van der Waals surface area contributed by atoms with Crippen molar-refractivity contribution in [2.45, 2.75) is 441 Å². The number of rotatable bonds is 85. The van der Waals surface area contributed by atoms with Crippen molar-refractivity contribution in [1.82, 2.24) is 19.6 Å². The molecular weight excluding hydrogens is 1490 g/mol. The van der Waals surface area contributed by atoms with Crippen LogP contribution >= 0.6 is 0 Å². The van der Waals surface area contributed by atoms with E-state index in [1.54, 1.807) is 0 Å². The Labute approximate surface area is 742 Å². The zero-order valence-electron chi connectivity index (χ0n) is 80.1. The van der Waals surface area contributed by atoms with Gasteiger partial charge in [-0.2, -0.15) is 0 Å². The van der Waals surface area contributed by atoms with Crippen molar-refractivity contribution in [2.75, 3.05) is 91.8 Å². The van der Waals surface area contributed by atoms with Crippen molar-refractivity contribution >= 4 is 18.0 Å². The Morgan fingerprint density at radius 3 is 0.842 bits per heavy atom. The van der Waals surface area contributed by atoms with E-state index >= 15 is 0 Å². The predicted molar refractivity (Wildman–Crippen MR) is 521 cm³/mol. The number of hydrogen-bond donors (Lipinski definition) is 1. The van der Waals surface area contributed by atoms with Gasteiger partial charge in [-0.15, -0.1) is 0 Å². The summed E-state index contributed by atoms with van der Waals surface area (Å²) in [4.78, 5) is 45.6. The van der Waals surface area contributed by atoms with Crippen LogP contribution in [0.3, 0.4) is 0 Å². The van der Waals surface area contributed by atoms with Crippen molar-refractivity contribution in [3.8, 4) is 5.75 Å². The van der Waals surface area contributed by atoms with Crippen LogP contribution in [0.4, 0.5) is 15.3 Å². The molecule has 0 fully saturated rings. The number of nitro groups is 1. The van der Waals surface area contributed by atoms with E-state index in [0.29, 0.717) is 6.61 Å². The van der Waals surface area contributed by atoms with E-state index in [9.17, 15) is 19.7 Å². The molecule has 1 aromatic rings. The Morgan fingerprint density at radius 1 is 0.317 bits per heavy atom. The number of nitrogens with zero attached hydrogens (tertiary/aromatic N) is 5. The third kappa shape index (κ3) is 86.4. The number of non-ortho nitro benzene ring substituents is 1. The van der Waals surface area contributed by atoms with Gasteiger partial charge >= 0.3 is 12.3 Å². The lowest BCUT2D eigenvalue weighted by Crippen LogP contribution is -2.37. The van der Waals surface area contributed by atoms with Gasteiger partial charge in [0.25, 0.3) is 5.69 Å². The fourth-order valence-electron chi connectivity index (χ4n) is 14.8. The number of carbonyl (C=O) groups is 2. The molecule has 696 valence electrons. The maximum Gasteiger partial charge on any atom is 0.514 e. The molecule has 0 saturated carbocycles. The van der Waals surface area contributed by atoms with Crippen LogP contribution < -0.4 is 4.74 Å². The fraction of sp³-hybridized carbons (Fsp3) is 0.774. The summed E-state index contributed by atoms with van der Waals surface area (Å²) >= 11 is 0. The van der Waals surface area contributed by atoms with Crippen LogP contribution in [-0.2, 0) is 14.2 Å². The molecule has 14 heteroatoms. The third-order valence-electron chi connectivity index (χ3n) is 22.2. The van der Waals surface area contributed by atoms with Crippen molar-refractivity contribution in [3.05, 3.63) is 132 Å². The monoisotopic (exact) mass is 1680 g/mol. The maximum absolute atomic E-state index is 12.8. The molecule has 0 aliphatic heterocycles. The molecule has 0 amide bonds. The number of likely N-dealkylation sites (N-methyl/N-ethyl adjacent to an activating group) is 2. The fourth-order valence-corrected chi connectivity index (χ4v) is 14.8. The lowest BCUT2D eigenvalue weighted by molar-refractivity contribution is -0.384. The summed E-state index contributed by atoms with van der Waals surface area (Å²) in [5, 5.41) is 19.8. The molecule has 0 aliphatic carbocycles. The highest BCUT2D eigenvalue weighted by molar-refractivity contribution is 5.64. The van der Waals surface area contributed by atoms with Gasteiger partial charge in [-0.25, -0.2) is 9.59 Å². The molecule has 0 spiro atoms. The third-order valence-corrected chi connectivity index (χ3v) is 22.2. The summed E-state index contributed by atoms with van der Waals surface area (Å²) in [6.45, 7) is 35.6. The van der Waals surface area contributed by atoms with Gasteiger partial charge in [0.1, 0.15) is 24.6 Å². The van der Waals surface area contributed by atoms with Crippen LogP contribution in [0, 0.1) is 10.1 Å². The smallest absolute Gasteiger partial charge is 0.433 e. The molecule has 1 rings (SSSR count). The van der Waals surface area contributed by atoms with Crippen LogP contribution in [0.15, 0.2) is 121 Å². The van der Waals surface area contributed by atoms with Gasteiger partial charge in [-0.1, -0.05) is 321 Å². The lowest BCUT2D eigenvalue weighted by atomic mass is 10.0. The van der Waals surface area contributed by atoms with E-state index < -0.39 is 17.2 Å². The quantitative estimate of drug-likeness (QED) is 0.0165. The van der Waals surface area contributed by atoms with Gasteiger partial charge in [-0.05, 0) is 257 Å². The number of nitro benzene ring substituents is 1. The normalized spacial score (nSPS) is 12.1. The molecule has 1 N–H and O–H groups in total. The number of aliphatic hydroxyl groups excluding tert-OH is 1. The molecule has 0 heterocycles. The summed E-state index contributed by atoms with van der Waals surface area (Å²) in [6.07, 6.45) is 103. The molecule has 120 heavy (non-hydrogen) atoms. The maximum atomic E-state index is 12.8. The second kappa shape index (κ2) is 97.7. The molecule has 1 aromatic carbocycles. The molecular formula is C106H193N5O9. The van der Waals surface area contributed by atoms with Crippen molar-refractivity contribution < 1.29 is 38.6 Å². The minimum Gasteiger partial charge on any atom is -0.433 e. The molecule has 0 atom stereocenters. The van der Waals surface area contributed by atoms with Crippen LogP contribution in [0.2, 0.25) is 0 Å². The molecule has 14 nitrogen and oxygen atoms in total. The number of unbranched alkanes of at least 4 members (excludes halogenated alkanes) is 36. The van der Waals surface area contributed by atoms with Crippen molar-refractivity contribution in [1.29, 1.82) is 0 Å². The SMILES string of the molecule is CCCCC/C=C\C/C=C\CCCCCCCCC(CCCCCCCC/C=C\C/C=C\CCCCC)OC(=O)OCCN(CC)CCN(CCC)CCC.CCCCC/C=C\C/C=C\CCCCCCCCC(CCCCCCCC/C=C\C/C=C\CCCCC)OC(=O)Oc1ccc([N+](=O)[O-])cc1.CCCN(CCC)CCN(CC)CCO. The standard InChI is InChI=1S/C50H94N2O3.C44H71NO5.C12H28N2O/c1-6-11-13-15-17-19-21-23-25-27-29-31-33-35-37-39-41-49(42-40-38-36-34-32-30-28-26-24-22-20-18-16-14-12-7-2)55-50(53)54-48-47-51(10-5)45-46-52(43-8-3)44-9-4;1-3-5-7-9-11-13-15-17-19-21-23-25-27-29-31-33-35-42(49-44(46)50-43-39-37-41(38-40-43)45(47)48)36-34-32-30-28-26-24-22-20-18-16-14-12-10-8-6-4-2;1-4-7-14(8-5-2)10-9-13(6-3)11-12-15/h17-20,23-26,49H,6-16,21-22,27-48H2,1-5H3;11-14,17-20,37-40,42H,3-10,15-16,21-36H2,1-2H3;15H,4-12H2,1-3H3/b19-17-,20-18-,25-23-,26-24-;13-11-,14-12-,19-17-,20-18-;. The second-order valence-corrected chi connectivity index (χ2v) is 33.4. The number of allylic oxidation sites excluding steroid dienone is 16. The van der Waals surface area contributed by atoms with Gasteiger partial charge < -0.3 is 38.8 Å². The first-order valence-electron chi connectivity index (χ1n) is 50.6. The summed E-state index contributed by atoms with van der Waals surface area (Å²) in [7, 11) is 0. The Kier molecular flexibility index (Phi) is 95.2. The minimum atomic E-state index is -0.732. The van der Waals surface area contributed by atoms with Gasteiger partial charge in [0.2, 0.25) is 0 Å². The number of ether oxygens (including phenoxy) is 4. The van der Waals surface area contributed by atoms with E-state index in [1.807, 2.05) is 0 Å². The first-order valence-corrected chi connectivity index (χ1v) is 50.6. The van der Waals surface area contributed by atoms with Crippen LogP contribution in [0.5, 0.6) is 5.75 Å². The average Bonchev–Trinajstić information content (AvgIpc) is 0.885. The first kappa shape index (κ1) is 117.